The summed E-state index contributed by atoms with van der Waals surface area (Å²) in [5, 5.41) is 4.49. The Labute approximate surface area is 134 Å². The van der Waals surface area contributed by atoms with E-state index in [4.69, 9.17) is 0 Å². The van der Waals surface area contributed by atoms with Gasteiger partial charge in [-0.1, -0.05) is 12.1 Å². The van der Waals surface area contributed by atoms with Gasteiger partial charge in [0.1, 0.15) is 0 Å². The van der Waals surface area contributed by atoms with Crippen molar-refractivity contribution in [2.75, 3.05) is 11.9 Å². The molecule has 0 fully saturated rings. The normalized spacial score (nSPS) is 11.1. The number of nitrogens with zero attached hydrogens (tertiary/aromatic N) is 4. The lowest BCUT2D eigenvalue weighted by Gasteiger charge is -2.09. The molecule has 5 nitrogen and oxygen atoms in total. The van der Waals surface area contributed by atoms with Crippen LogP contribution < -0.4 is 5.32 Å². The molecular formula is C18H17N5. The first-order valence-electron chi connectivity index (χ1n) is 7.74. The van der Waals surface area contributed by atoms with Gasteiger partial charge in [0.25, 0.3) is 0 Å². The Hall–Kier alpha value is -2.95. The van der Waals surface area contributed by atoms with Crippen LogP contribution in [-0.2, 0) is 6.54 Å². The highest BCUT2D eigenvalue weighted by Gasteiger charge is 2.03. The van der Waals surface area contributed by atoms with Gasteiger partial charge in [-0.15, -0.1) is 0 Å². The first-order valence-corrected chi connectivity index (χ1v) is 7.74. The number of hydrogen-bond acceptors (Lipinski definition) is 4. The number of para-hydroxylation sites is 2. The fraction of sp³-hybridized carbons (Fsp3) is 0.167. The number of anilines is 1. The van der Waals surface area contributed by atoms with Crippen LogP contribution in [0.25, 0.3) is 21.9 Å². The van der Waals surface area contributed by atoms with Gasteiger partial charge in [-0.05, 0) is 30.7 Å². The van der Waals surface area contributed by atoms with Gasteiger partial charge >= 0.3 is 0 Å². The van der Waals surface area contributed by atoms with E-state index in [0.29, 0.717) is 0 Å². The van der Waals surface area contributed by atoms with Gasteiger partial charge in [-0.2, -0.15) is 0 Å². The van der Waals surface area contributed by atoms with Crippen LogP contribution in [0.2, 0.25) is 0 Å². The summed E-state index contributed by atoms with van der Waals surface area (Å²) < 4.78 is 2.19. The molecule has 0 bridgehead atoms. The van der Waals surface area contributed by atoms with Crippen LogP contribution >= 0.6 is 0 Å². The number of aromatic nitrogens is 4. The van der Waals surface area contributed by atoms with Crippen molar-refractivity contribution in [1.82, 2.24) is 19.5 Å². The van der Waals surface area contributed by atoms with E-state index in [1.165, 1.54) is 5.52 Å². The molecule has 3 heterocycles. The van der Waals surface area contributed by atoms with Crippen molar-refractivity contribution in [3.8, 4) is 0 Å². The van der Waals surface area contributed by atoms with E-state index in [2.05, 4.69) is 30.9 Å². The van der Waals surface area contributed by atoms with Crippen LogP contribution in [-0.4, -0.2) is 26.1 Å². The molecule has 0 saturated carbocycles. The molecule has 0 aliphatic carbocycles. The smallest absolute Gasteiger partial charge is 0.0964 e. The molecule has 5 heteroatoms. The molecule has 23 heavy (non-hydrogen) atoms. The lowest BCUT2D eigenvalue weighted by Crippen LogP contribution is -2.07. The molecule has 1 N–H and O–H groups in total. The molecule has 0 spiro atoms. The number of aryl methyl sites for hydroxylation is 1. The maximum absolute atomic E-state index is 4.43. The van der Waals surface area contributed by atoms with Gasteiger partial charge in [0.2, 0.25) is 0 Å². The number of rotatable bonds is 5. The quantitative estimate of drug-likeness (QED) is 0.573. The van der Waals surface area contributed by atoms with E-state index < -0.39 is 0 Å². The van der Waals surface area contributed by atoms with Crippen molar-refractivity contribution in [2.45, 2.75) is 13.0 Å². The predicted molar refractivity (Wildman–Crippen MR) is 92.4 cm³/mol. The molecule has 0 saturated heterocycles. The summed E-state index contributed by atoms with van der Waals surface area (Å²) >= 11 is 0. The van der Waals surface area contributed by atoms with Gasteiger partial charge in [-0.25, -0.2) is 4.98 Å². The van der Waals surface area contributed by atoms with Gasteiger partial charge in [0.05, 0.1) is 34.8 Å². The summed E-state index contributed by atoms with van der Waals surface area (Å²) in [6.07, 6.45) is 8.40. The van der Waals surface area contributed by atoms with Crippen LogP contribution in [0, 0.1) is 0 Å². The second kappa shape index (κ2) is 6.04. The molecule has 0 aliphatic rings. The van der Waals surface area contributed by atoms with Gasteiger partial charge in [-0.3, -0.25) is 9.97 Å². The summed E-state index contributed by atoms with van der Waals surface area (Å²) in [6, 6.07) is 12.2. The number of nitrogens with one attached hydrogen (secondary N) is 1. The van der Waals surface area contributed by atoms with Crippen LogP contribution in [0.15, 0.2) is 61.3 Å². The molecule has 0 amide bonds. The molecule has 4 rings (SSSR count). The number of imidazole rings is 1. The maximum Gasteiger partial charge on any atom is 0.0964 e. The summed E-state index contributed by atoms with van der Waals surface area (Å²) in [5.41, 5.74) is 4.18. The molecule has 4 aromatic rings. The maximum atomic E-state index is 4.43. The van der Waals surface area contributed by atoms with Crippen LogP contribution in [0.3, 0.4) is 0 Å². The van der Waals surface area contributed by atoms with E-state index in [0.717, 1.165) is 41.6 Å². The largest absolute Gasteiger partial charge is 0.382 e. The monoisotopic (exact) mass is 303 g/mol. The van der Waals surface area contributed by atoms with E-state index in [1.54, 1.807) is 0 Å². The summed E-state index contributed by atoms with van der Waals surface area (Å²) in [6.45, 7) is 1.79. The van der Waals surface area contributed by atoms with Crippen molar-refractivity contribution in [3.63, 3.8) is 0 Å². The summed E-state index contributed by atoms with van der Waals surface area (Å²) in [4.78, 5) is 13.1. The third-order valence-electron chi connectivity index (χ3n) is 3.93. The van der Waals surface area contributed by atoms with Crippen molar-refractivity contribution < 1.29 is 0 Å². The van der Waals surface area contributed by atoms with Gasteiger partial charge < -0.3 is 9.88 Å². The molecular weight excluding hydrogens is 286 g/mol. The average molecular weight is 303 g/mol. The van der Waals surface area contributed by atoms with Crippen LogP contribution in [0.5, 0.6) is 0 Å². The number of benzene rings is 1. The molecule has 3 aromatic heterocycles. The fourth-order valence-corrected chi connectivity index (χ4v) is 2.79. The first kappa shape index (κ1) is 13.7. The number of pyridine rings is 2. The molecule has 114 valence electrons. The zero-order valence-corrected chi connectivity index (χ0v) is 12.7. The van der Waals surface area contributed by atoms with Crippen LogP contribution in [0.4, 0.5) is 5.69 Å². The zero-order valence-electron chi connectivity index (χ0n) is 12.7. The minimum absolute atomic E-state index is 0.865. The van der Waals surface area contributed by atoms with Crippen molar-refractivity contribution in [1.29, 1.82) is 0 Å². The minimum atomic E-state index is 0.865. The van der Waals surface area contributed by atoms with Crippen LogP contribution in [0.1, 0.15) is 6.42 Å². The summed E-state index contributed by atoms with van der Waals surface area (Å²) in [5.74, 6) is 0. The average Bonchev–Trinajstić information content (AvgIpc) is 3.02. The van der Waals surface area contributed by atoms with Gasteiger partial charge in [0, 0.05) is 30.9 Å². The second-order valence-corrected chi connectivity index (χ2v) is 5.47. The third-order valence-corrected chi connectivity index (χ3v) is 3.93. The number of hydrogen-bond donors (Lipinski definition) is 1. The Kier molecular flexibility index (Phi) is 3.60. The Balaban J connectivity index is 1.42. The molecule has 0 unspecified atom stereocenters. The summed E-state index contributed by atoms with van der Waals surface area (Å²) in [7, 11) is 0. The molecule has 1 aromatic carbocycles. The van der Waals surface area contributed by atoms with Gasteiger partial charge in [0.15, 0.2) is 0 Å². The lowest BCUT2D eigenvalue weighted by molar-refractivity contribution is 0.677. The van der Waals surface area contributed by atoms with Crippen molar-refractivity contribution in [3.05, 3.63) is 61.3 Å². The molecule has 0 aliphatic heterocycles. The zero-order chi connectivity index (χ0) is 15.5. The van der Waals surface area contributed by atoms with E-state index in [9.17, 15) is 0 Å². The fourth-order valence-electron chi connectivity index (χ4n) is 2.79. The first-order chi connectivity index (χ1) is 11.4. The Bertz CT molecular complexity index is 939. The van der Waals surface area contributed by atoms with Crippen molar-refractivity contribution >= 4 is 27.6 Å². The second-order valence-electron chi connectivity index (χ2n) is 5.47. The standard InChI is InChI=1S/C18H17N5/c1-2-7-17-15(6-1)22-13-23(17)10-4-9-20-16-12-19-11-14-5-3-8-21-18(14)16/h1-3,5-8,11-13,20H,4,9-10H2. The van der Waals surface area contributed by atoms with Crippen molar-refractivity contribution in [2.24, 2.45) is 0 Å². The van der Waals surface area contributed by atoms with E-state index in [1.807, 2.05) is 55.2 Å². The Morgan fingerprint density at radius 2 is 1.96 bits per heavy atom. The third kappa shape index (κ3) is 2.73. The highest BCUT2D eigenvalue weighted by molar-refractivity contribution is 5.88. The number of fused-ring (bicyclic) bond motifs is 2. The topological polar surface area (TPSA) is 55.6 Å². The Morgan fingerprint density at radius 3 is 2.96 bits per heavy atom. The minimum Gasteiger partial charge on any atom is -0.382 e. The predicted octanol–water partition coefficient (Wildman–Crippen LogP) is 3.48. The Morgan fingerprint density at radius 1 is 1.00 bits per heavy atom. The highest BCUT2D eigenvalue weighted by Crippen LogP contribution is 2.19. The highest BCUT2D eigenvalue weighted by atomic mass is 15.0. The molecule has 0 radical (unpaired) electrons. The lowest BCUT2D eigenvalue weighted by atomic mass is 10.2. The van der Waals surface area contributed by atoms with E-state index >= 15 is 0 Å². The molecule has 0 atom stereocenters. The SMILES string of the molecule is c1cnc2c(NCCCn3cnc4ccccc43)cncc2c1. The van der Waals surface area contributed by atoms with E-state index in [-0.39, 0.29) is 0 Å².